The predicted octanol–water partition coefficient (Wildman–Crippen LogP) is 2.41. The molecule has 5 nitrogen and oxygen atoms in total. The molecule has 0 unspecified atom stereocenters. The number of pyridine rings is 1. The van der Waals surface area contributed by atoms with Crippen LogP contribution in [-0.4, -0.2) is 28.6 Å². The summed E-state index contributed by atoms with van der Waals surface area (Å²) in [6.07, 6.45) is 2.35. The highest BCUT2D eigenvalue weighted by Gasteiger charge is 2.16. The molecule has 0 aliphatic heterocycles. The average molecular weight is 294 g/mol. The van der Waals surface area contributed by atoms with Gasteiger partial charge in [0.15, 0.2) is 5.65 Å². The zero-order valence-corrected chi connectivity index (χ0v) is 12.9. The number of aryl methyl sites for hydroxylation is 1. The fourth-order valence-corrected chi connectivity index (χ4v) is 2.59. The van der Waals surface area contributed by atoms with Crippen molar-refractivity contribution in [1.82, 2.24) is 14.5 Å². The molecule has 2 aromatic heterocycles. The van der Waals surface area contributed by atoms with Crippen molar-refractivity contribution in [3.8, 4) is 5.69 Å². The SMILES string of the molecule is CCc1nc2nccc(N(C)C)c2c(=O)n1-c1ccccc1. The van der Waals surface area contributed by atoms with Gasteiger partial charge < -0.3 is 4.90 Å². The van der Waals surface area contributed by atoms with Crippen LogP contribution in [0.3, 0.4) is 0 Å². The Labute approximate surface area is 128 Å². The van der Waals surface area contributed by atoms with Crippen LogP contribution in [0.15, 0.2) is 47.4 Å². The van der Waals surface area contributed by atoms with Gasteiger partial charge in [0.05, 0.1) is 11.4 Å². The Bertz CT molecular complexity index is 869. The number of benzene rings is 1. The monoisotopic (exact) mass is 294 g/mol. The third-order valence-corrected chi connectivity index (χ3v) is 3.63. The van der Waals surface area contributed by atoms with Gasteiger partial charge in [-0.15, -0.1) is 0 Å². The summed E-state index contributed by atoms with van der Waals surface area (Å²) >= 11 is 0. The zero-order chi connectivity index (χ0) is 15.7. The minimum absolute atomic E-state index is 0.0788. The van der Waals surface area contributed by atoms with Crippen molar-refractivity contribution >= 4 is 16.7 Å². The molecule has 3 rings (SSSR count). The lowest BCUT2D eigenvalue weighted by Gasteiger charge is -2.17. The predicted molar refractivity (Wildman–Crippen MR) is 88.8 cm³/mol. The maximum Gasteiger partial charge on any atom is 0.269 e. The van der Waals surface area contributed by atoms with Gasteiger partial charge in [0.1, 0.15) is 11.2 Å². The van der Waals surface area contributed by atoms with Crippen LogP contribution in [-0.2, 0) is 6.42 Å². The lowest BCUT2D eigenvalue weighted by atomic mass is 10.2. The van der Waals surface area contributed by atoms with Crippen molar-refractivity contribution in [2.75, 3.05) is 19.0 Å². The minimum atomic E-state index is -0.0788. The fraction of sp³-hybridized carbons (Fsp3) is 0.235. The number of para-hydroxylation sites is 1. The Morgan fingerprint density at radius 3 is 2.50 bits per heavy atom. The molecule has 2 heterocycles. The van der Waals surface area contributed by atoms with E-state index in [1.807, 2.05) is 62.3 Å². The van der Waals surface area contributed by atoms with Crippen LogP contribution >= 0.6 is 0 Å². The second kappa shape index (κ2) is 5.60. The van der Waals surface area contributed by atoms with E-state index in [2.05, 4.69) is 9.97 Å². The van der Waals surface area contributed by atoms with Gasteiger partial charge in [-0.25, -0.2) is 9.97 Å². The Balaban J connectivity index is 2.44. The molecule has 22 heavy (non-hydrogen) atoms. The third-order valence-electron chi connectivity index (χ3n) is 3.63. The Morgan fingerprint density at radius 2 is 1.86 bits per heavy atom. The number of hydrogen-bond acceptors (Lipinski definition) is 4. The van der Waals surface area contributed by atoms with Crippen molar-refractivity contribution in [2.24, 2.45) is 0 Å². The standard InChI is InChI=1S/C17H18N4O/c1-4-14-19-16-15(13(20(2)3)10-11-18-16)17(22)21(14)12-8-6-5-7-9-12/h5-11H,4H2,1-3H3. The molecule has 5 heteroatoms. The Kier molecular flexibility index (Phi) is 3.63. The van der Waals surface area contributed by atoms with E-state index in [9.17, 15) is 4.79 Å². The molecule has 0 aliphatic rings. The molecule has 0 fully saturated rings. The van der Waals surface area contributed by atoms with E-state index in [1.165, 1.54) is 0 Å². The smallest absolute Gasteiger partial charge is 0.269 e. The van der Waals surface area contributed by atoms with Crippen molar-refractivity contribution in [3.05, 3.63) is 58.8 Å². The van der Waals surface area contributed by atoms with Crippen molar-refractivity contribution in [2.45, 2.75) is 13.3 Å². The molecule has 0 N–H and O–H groups in total. The van der Waals surface area contributed by atoms with E-state index in [4.69, 9.17) is 0 Å². The lowest BCUT2D eigenvalue weighted by molar-refractivity contribution is 0.828. The number of rotatable bonds is 3. The van der Waals surface area contributed by atoms with Crippen LogP contribution in [0.4, 0.5) is 5.69 Å². The summed E-state index contributed by atoms with van der Waals surface area (Å²) < 4.78 is 1.68. The molecule has 0 bridgehead atoms. The third kappa shape index (κ3) is 2.24. The highest BCUT2D eigenvalue weighted by molar-refractivity contribution is 5.88. The number of aromatic nitrogens is 3. The number of fused-ring (bicyclic) bond motifs is 1. The van der Waals surface area contributed by atoms with E-state index in [1.54, 1.807) is 10.8 Å². The van der Waals surface area contributed by atoms with Crippen LogP contribution in [0.25, 0.3) is 16.7 Å². The van der Waals surface area contributed by atoms with Crippen LogP contribution in [0.5, 0.6) is 0 Å². The molecule has 0 saturated heterocycles. The summed E-state index contributed by atoms with van der Waals surface area (Å²) in [5, 5.41) is 0.550. The first-order valence-electron chi connectivity index (χ1n) is 7.27. The summed E-state index contributed by atoms with van der Waals surface area (Å²) in [5.74, 6) is 0.715. The molecule has 0 amide bonds. The summed E-state index contributed by atoms with van der Waals surface area (Å²) in [6.45, 7) is 1.99. The molecular weight excluding hydrogens is 276 g/mol. The normalized spacial score (nSPS) is 10.9. The minimum Gasteiger partial charge on any atom is -0.377 e. The molecule has 0 radical (unpaired) electrons. The Morgan fingerprint density at radius 1 is 1.14 bits per heavy atom. The molecule has 1 aromatic carbocycles. The largest absolute Gasteiger partial charge is 0.377 e. The number of anilines is 1. The molecule has 3 aromatic rings. The second-order valence-corrected chi connectivity index (χ2v) is 5.28. The van der Waals surface area contributed by atoms with Gasteiger partial charge in [-0.05, 0) is 18.2 Å². The molecule has 0 aliphatic carbocycles. The van der Waals surface area contributed by atoms with Crippen molar-refractivity contribution < 1.29 is 0 Å². The van der Waals surface area contributed by atoms with E-state index in [0.717, 1.165) is 11.4 Å². The first-order valence-corrected chi connectivity index (χ1v) is 7.27. The van der Waals surface area contributed by atoms with Gasteiger partial charge >= 0.3 is 0 Å². The zero-order valence-electron chi connectivity index (χ0n) is 12.9. The van der Waals surface area contributed by atoms with Crippen LogP contribution in [0.1, 0.15) is 12.7 Å². The molecule has 0 saturated carbocycles. The van der Waals surface area contributed by atoms with E-state index in [0.29, 0.717) is 23.3 Å². The molecule has 0 atom stereocenters. The second-order valence-electron chi connectivity index (χ2n) is 5.28. The summed E-state index contributed by atoms with van der Waals surface area (Å²) in [5.41, 5.74) is 2.08. The van der Waals surface area contributed by atoms with Gasteiger partial charge in [0, 0.05) is 26.7 Å². The summed E-state index contributed by atoms with van der Waals surface area (Å²) in [6, 6.07) is 11.4. The average Bonchev–Trinajstić information content (AvgIpc) is 2.54. The maximum atomic E-state index is 13.1. The highest BCUT2D eigenvalue weighted by atomic mass is 16.1. The van der Waals surface area contributed by atoms with Crippen molar-refractivity contribution in [3.63, 3.8) is 0 Å². The topological polar surface area (TPSA) is 51.0 Å². The Hall–Kier alpha value is -2.69. The maximum absolute atomic E-state index is 13.1. The van der Waals surface area contributed by atoms with E-state index < -0.39 is 0 Å². The van der Waals surface area contributed by atoms with Gasteiger partial charge in [0.2, 0.25) is 0 Å². The van der Waals surface area contributed by atoms with Crippen LogP contribution in [0.2, 0.25) is 0 Å². The van der Waals surface area contributed by atoms with E-state index in [-0.39, 0.29) is 5.56 Å². The van der Waals surface area contributed by atoms with Gasteiger partial charge in [0.25, 0.3) is 5.56 Å². The summed E-state index contributed by atoms with van der Waals surface area (Å²) in [7, 11) is 3.82. The fourth-order valence-electron chi connectivity index (χ4n) is 2.59. The highest BCUT2D eigenvalue weighted by Crippen LogP contribution is 2.20. The van der Waals surface area contributed by atoms with Crippen LogP contribution < -0.4 is 10.5 Å². The number of hydrogen-bond donors (Lipinski definition) is 0. The van der Waals surface area contributed by atoms with E-state index >= 15 is 0 Å². The quantitative estimate of drug-likeness (QED) is 0.744. The first-order chi connectivity index (χ1) is 10.6. The van der Waals surface area contributed by atoms with Crippen LogP contribution in [0, 0.1) is 0 Å². The molecule has 0 spiro atoms. The number of nitrogens with zero attached hydrogens (tertiary/aromatic N) is 4. The molecular formula is C17H18N4O. The summed E-state index contributed by atoms with van der Waals surface area (Å²) in [4.78, 5) is 23.9. The van der Waals surface area contributed by atoms with Gasteiger partial charge in [-0.2, -0.15) is 0 Å². The van der Waals surface area contributed by atoms with Crippen molar-refractivity contribution in [1.29, 1.82) is 0 Å². The first kappa shape index (κ1) is 14.3. The van der Waals surface area contributed by atoms with Gasteiger partial charge in [-0.1, -0.05) is 25.1 Å². The lowest BCUT2D eigenvalue weighted by Crippen LogP contribution is -2.25. The van der Waals surface area contributed by atoms with Gasteiger partial charge in [-0.3, -0.25) is 9.36 Å². The molecule has 112 valence electrons.